The summed E-state index contributed by atoms with van der Waals surface area (Å²) in [5.74, 6) is 0.410. The SMILES string of the molecule is CCCS(=O)(=O)N1CCC(NC(=O)c2nc(C)n(-c3ccccc3Cl)n2)CC1. The minimum atomic E-state index is -3.19. The molecule has 10 heteroatoms. The summed E-state index contributed by atoms with van der Waals surface area (Å²) in [6.45, 7) is 4.42. The molecule has 8 nitrogen and oxygen atoms in total. The number of benzene rings is 1. The van der Waals surface area contributed by atoms with E-state index in [2.05, 4.69) is 15.4 Å². The molecule has 0 bridgehead atoms. The van der Waals surface area contributed by atoms with E-state index in [-0.39, 0.29) is 23.5 Å². The van der Waals surface area contributed by atoms with Gasteiger partial charge in [0.25, 0.3) is 5.91 Å². The summed E-state index contributed by atoms with van der Waals surface area (Å²) >= 11 is 6.21. The second kappa shape index (κ2) is 8.59. The van der Waals surface area contributed by atoms with Gasteiger partial charge in [0.1, 0.15) is 5.82 Å². The predicted molar refractivity (Wildman–Crippen MR) is 107 cm³/mol. The average Bonchev–Trinajstić information content (AvgIpc) is 3.04. The van der Waals surface area contributed by atoms with Gasteiger partial charge in [-0.1, -0.05) is 30.7 Å². The highest BCUT2D eigenvalue weighted by molar-refractivity contribution is 7.89. The lowest BCUT2D eigenvalue weighted by Crippen LogP contribution is -2.47. The maximum Gasteiger partial charge on any atom is 0.291 e. The fraction of sp³-hybridized carbons (Fsp3) is 0.500. The van der Waals surface area contributed by atoms with Crippen molar-refractivity contribution in [3.05, 3.63) is 40.9 Å². The molecule has 1 aromatic heterocycles. The third-order valence-electron chi connectivity index (χ3n) is 4.70. The number of hydrogen-bond donors (Lipinski definition) is 1. The van der Waals surface area contributed by atoms with Crippen LogP contribution in [0.1, 0.15) is 42.6 Å². The van der Waals surface area contributed by atoms with Crippen LogP contribution in [-0.2, 0) is 10.0 Å². The van der Waals surface area contributed by atoms with Crippen LogP contribution in [0, 0.1) is 6.92 Å². The molecule has 152 valence electrons. The van der Waals surface area contributed by atoms with Gasteiger partial charge in [0.15, 0.2) is 0 Å². The summed E-state index contributed by atoms with van der Waals surface area (Å²) < 4.78 is 27.3. The van der Waals surface area contributed by atoms with E-state index in [0.29, 0.717) is 48.9 Å². The Morgan fingerprint density at radius 2 is 1.96 bits per heavy atom. The Morgan fingerprint density at radius 1 is 1.29 bits per heavy atom. The number of para-hydroxylation sites is 1. The van der Waals surface area contributed by atoms with E-state index >= 15 is 0 Å². The smallest absolute Gasteiger partial charge is 0.291 e. The van der Waals surface area contributed by atoms with Crippen LogP contribution in [0.4, 0.5) is 0 Å². The van der Waals surface area contributed by atoms with Crippen LogP contribution < -0.4 is 5.32 Å². The van der Waals surface area contributed by atoms with Crippen LogP contribution in [0.3, 0.4) is 0 Å². The first kappa shape index (κ1) is 20.8. The molecule has 28 heavy (non-hydrogen) atoms. The molecule has 0 saturated carbocycles. The normalized spacial score (nSPS) is 16.2. The Hall–Kier alpha value is -1.97. The number of carbonyl (C=O) groups is 1. The molecular formula is C18H24ClN5O3S. The lowest BCUT2D eigenvalue weighted by atomic mass is 10.1. The Bertz CT molecular complexity index is 952. The van der Waals surface area contributed by atoms with Crippen molar-refractivity contribution in [3.8, 4) is 5.69 Å². The Kier molecular flexibility index (Phi) is 6.36. The number of rotatable bonds is 6. The summed E-state index contributed by atoms with van der Waals surface area (Å²) in [6.07, 6.45) is 1.73. The molecule has 2 heterocycles. The summed E-state index contributed by atoms with van der Waals surface area (Å²) in [6, 6.07) is 7.10. The van der Waals surface area contributed by atoms with Crippen molar-refractivity contribution in [1.82, 2.24) is 24.4 Å². The van der Waals surface area contributed by atoms with Crippen LogP contribution in [0.2, 0.25) is 5.02 Å². The van der Waals surface area contributed by atoms with Gasteiger partial charge in [-0.25, -0.2) is 22.4 Å². The van der Waals surface area contributed by atoms with E-state index in [4.69, 9.17) is 11.6 Å². The second-order valence-electron chi connectivity index (χ2n) is 6.81. The first-order chi connectivity index (χ1) is 13.3. The van der Waals surface area contributed by atoms with Gasteiger partial charge < -0.3 is 5.32 Å². The zero-order valence-corrected chi connectivity index (χ0v) is 17.5. The number of amides is 1. The van der Waals surface area contributed by atoms with E-state index in [1.54, 1.807) is 19.1 Å². The van der Waals surface area contributed by atoms with Gasteiger partial charge in [0.05, 0.1) is 16.5 Å². The molecule has 1 aromatic carbocycles. The van der Waals surface area contributed by atoms with Crippen LogP contribution in [0.15, 0.2) is 24.3 Å². The van der Waals surface area contributed by atoms with Gasteiger partial charge in [-0.2, -0.15) is 0 Å². The van der Waals surface area contributed by atoms with E-state index in [1.165, 1.54) is 8.99 Å². The standard InChI is InChI=1S/C18H24ClN5O3S/c1-3-12-28(26,27)23-10-8-14(9-11-23)21-18(25)17-20-13(2)24(22-17)16-7-5-4-6-15(16)19/h4-7,14H,3,8-12H2,1-2H3,(H,21,25). The minimum absolute atomic E-state index is 0.0680. The van der Waals surface area contributed by atoms with Crippen molar-refractivity contribution in [1.29, 1.82) is 0 Å². The molecule has 1 saturated heterocycles. The highest BCUT2D eigenvalue weighted by Gasteiger charge is 2.29. The number of sulfonamides is 1. The monoisotopic (exact) mass is 425 g/mol. The van der Waals surface area contributed by atoms with Crippen molar-refractivity contribution in [2.45, 2.75) is 39.2 Å². The van der Waals surface area contributed by atoms with Gasteiger partial charge in [0, 0.05) is 19.1 Å². The van der Waals surface area contributed by atoms with Gasteiger partial charge in [-0.05, 0) is 38.3 Å². The fourth-order valence-electron chi connectivity index (χ4n) is 3.25. The number of carbonyl (C=O) groups excluding carboxylic acids is 1. The molecule has 1 N–H and O–H groups in total. The zero-order valence-electron chi connectivity index (χ0n) is 15.9. The maximum atomic E-state index is 12.6. The summed E-state index contributed by atoms with van der Waals surface area (Å²) in [4.78, 5) is 16.8. The third-order valence-corrected chi connectivity index (χ3v) is 7.09. The minimum Gasteiger partial charge on any atom is -0.346 e. The second-order valence-corrected chi connectivity index (χ2v) is 9.30. The molecule has 0 unspecified atom stereocenters. The first-order valence-corrected chi connectivity index (χ1v) is 11.3. The number of piperidine rings is 1. The van der Waals surface area contributed by atoms with Crippen LogP contribution in [0.25, 0.3) is 5.69 Å². The maximum absolute atomic E-state index is 12.6. The van der Waals surface area contributed by atoms with E-state index in [0.717, 1.165) is 0 Å². The number of nitrogens with zero attached hydrogens (tertiary/aromatic N) is 4. The molecular weight excluding hydrogens is 402 g/mol. The highest BCUT2D eigenvalue weighted by atomic mass is 35.5. The van der Waals surface area contributed by atoms with Crippen molar-refractivity contribution < 1.29 is 13.2 Å². The van der Waals surface area contributed by atoms with Crippen molar-refractivity contribution in [2.24, 2.45) is 0 Å². The quantitative estimate of drug-likeness (QED) is 0.764. The summed E-state index contributed by atoms with van der Waals surface area (Å²) in [7, 11) is -3.19. The van der Waals surface area contributed by atoms with E-state index in [9.17, 15) is 13.2 Å². The van der Waals surface area contributed by atoms with Crippen LogP contribution in [-0.4, -0.2) is 58.3 Å². The molecule has 0 spiro atoms. The van der Waals surface area contributed by atoms with Crippen molar-refractivity contribution in [2.75, 3.05) is 18.8 Å². The molecule has 3 rings (SSSR count). The Balaban J connectivity index is 1.64. The van der Waals surface area contributed by atoms with Gasteiger partial charge in [-0.3, -0.25) is 4.79 Å². The van der Waals surface area contributed by atoms with Crippen molar-refractivity contribution in [3.63, 3.8) is 0 Å². The van der Waals surface area contributed by atoms with Gasteiger partial charge in [-0.15, -0.1) is 5.10 Å². The highest BCUT2D eigenvalue weighted by Crippen LogP contribution is 2.20. The average molecular weight is 426 g/mol. The molecule has 1 aliphatic rings. The van der Waals surface area contributed by atoms with Crippen LogP contribution >= 0.6 is 11.6 Å². The molecule has 1 aliphatic heterocycles. The number of hydrogen-bond acceptors (Lipinski definition) is 5. The zero-order chi connectivity index (χ0) is 20.3. The Labute approximate surface area is 169 Å². The summed E-state index contributed by atoms with van der Waals surface area (Å²) in [5, 5.41) is 7.72. The fourth-order valence-corrected chi connectivity index (χ4v) is 5.01. The molecule has 0 aliphatic carbocycles. The topological polar surface area (TPSA) is 97.2 Å². The molecule has 1 fully saturated rings. The number of aromatic nitrogens is 3. The number of aryl methyl sites for hydroxylation is 1. The van der Waals surface area contributed by atoms with E-state index < -0.39 is 10.0 Å². The van der Waals surface area contributed by atoms with Gasteiger partial charge in [0.2, 0.25) is 15.8 Å². The van der Waals surface area contributed by atoms with Crippen molar-refractivity contribution >= 4 is 27.5 Å². The lowest BCUT2D eigenvalue weighted by molar-refractivity contribution is 0.0913. The molecule has 2 aromatic rings. The largest absolute Gasteiger partial charge is 0.346 e. The lowest BCUT2D eigenvalue weighted by Gasteiger charge is -2.31. The third kappa shape index (κ3) is 4.53. The summed E-state index contributed by atoms with van der Waals surface area (Å²) in [5.41, 5.74) is 0.655. The predicted octanol–water partition coefficient (Wildman–Crippen LogP) is 2.16. The first-order valence-electron chi connectivity index (χ1n) is 9.29. The number of halogens is 1. The molecule has 0 atom stereocenters. The Morgan fingerprint density at radius 3 is 2.61 bits per heavy atom. The van der Waals surface area contributed by atoms with Gasteiger partial charge >= 0.3 is 0 Å². The molecule has 1 amide bonds. The van der Waals surface area contributed by atoms with E-state index in [1.807, 2.05) is 19.1 Å². The number of nitrogens with one attached hydrogen (secondary N) is 1. The molecule has 0 radical (unpaired) electrons. The van der Waals surface area contributed by atoms with Crippen LogP contribution in [0.5, 0.6) is 0 Å².